The van der Waals surface area contributed by atoms with Gasteiger partial charge in [-0.15, -0.1) is 0 Å². The summed E-state index contributed by atoms with van der Waals surface area (Å²) in [6, 6.07) is 43.2. The van der Waals surface area contributed by atoms with E-state index in [9.17, 15) is 0 Å². The van der Waals surface area contributed by atoms with Gasteiger partial charge in [0, 0.05) is 0 Å². The highest BCUT2D eigenvalue weighted by Crippen LogP contribution is 2.41. The maximum absolute atomic E-state index is 2.44. The third-order valence-electron chi connectivity index (χ3n) is 16.1. The van der Waals surface area contributed by atoms with E-state index in [1.807, 2.05) is 0 Å². The first-order valence-corrected chi connectivity index (χ1v) is 29.4. The second kappa shape index (κ2) is 25.3. The number of hydrogen-bond acceptors (Lipinski definition) is 0. The van der Waals surface area contributed by atoms with Gasteiger partial charge in [0.25, 0.3) is 0 Å². The molecule has 0 atom stereocenters. The molecule has 0 saturated heterocycles. The fraction of sp³-hybridized carbons (Fsp3) is 0.462. The predicted molar refractivity (Wildman–Crippen MR) is 351 cm³/mol. The van der Waals surface area contributed by atoms with Crippen LogP contribution in [0.25, 0.3) is 33.4 Å². The number of benzene rings is 7. The van der Waals surface area contributed by atoms with E-state index in [-0.39, 0.29) is 27.1 Å². The van der Waals surface area contributed by atoms with E-state index < -0.39 is 0 Å². The van der Waals surface area contributed by atoms with Crippen molar-refractivity contribution in [3.8, 4) is 33.4 Å². The third kappa shape index (κ3) is 16.3. The van der Waals surface area contributed by atoms with Gasteiger partial charge in [-0.3, -0.25) is 0 Å². The SMILES string of the molecule is Cc1cc(-c2c(C(C)C)cccc2C(C)C)cc(C(C)(C)C)c1C.Cc1cc(-c2c(C)cccc2C)cc(C(C)(C)C)c1C.Cc1cc(-c2ccccc2C(C)(C)C)cc(C(C)(C)C)c1C.Cc1ccc(C(C)(C)C)c(C)c1. The van der Waals surface area contributed by atoms with Gasteiger partial charge < -0.3 is 0 Å². The minimum absolute atomic E-state index is 0.150. The minimum Gasteiger partial charge on any atom is -0.0619 e. The maximum atomic E-state index is 2.44. The average Bonchev–Trinajstić information content (AvgIpc) is 3.30. The Balaban J connectivity index is 0.000000230. The Hall–Kier alpha value is -5.46. The zero-order valence-electron chi connectivity index (χ0n) is 55.1. The molecule has 0 bridgehead atoms. The third-order valence-corrected chi connectivity index (χ3v) is 16.1. The van der Waals surface area contributed by atoms with Crippen molar-refractivity contribution in [1.29, 1.82) is 0 Å². The molecule has 0 fully saturated rings. The van der Waals surface area contributed by atoms with E-state index in [2.05, 4.69) is 316 Å². The monoisotopic (exact) mass is 1040 g/mol. The first kappa shape index (κ1) is 65.1. The quantitative estimate of drug-likeness (QED) is 0.161. The molecule has 0 heterocycles. The molecule has 7 aromatic carbocycles. The Morgan fingerprint density at radius 2 is 0.615 bits per heavy atom. The van der Waals surface area contributed by atoms with Crippen molar-refractivity contribution in [2.24, 2.45) is 0 Å². The summed E-state index contributed by atoms with van der Waals surface area (Å²) in [5.74, 6) is 1.05. The van der Waals surface area contributed by atoms with E-state index in [1.165, 1.54) is 128 Å². The molecule has 0 aromatic heterocycles. The summed E-state index contributed by atoms with van der Waals surface area (Å²) in [4.78, 5) is 0. The smallest absolute Gasteiger partial charge is 0.0114 e. The van der Waals surface area contributed by atoms with E-state index >= 15 is 0 Å². The fourth-order valence-electron chi connectivity index (χ4n) is 11.6. The lowest BCUT2D eigenvalue weighted by Crippen LogP contribution is -2.15. The van der Waals surface area contributed by atoms with E-state index in [0.29, 0.717) is 11.8 Å². The zero-order chi connectivity index (χ0) is 59.4. The fourth-order valence-corrected chi connectivity index (χ4v) is 11.6. The minimum atomic E-state index is 0.150. The van der Waals surface area contributed by atoms with Crippen molar-refractivity contribution in [2.45, 2.75) is 240 Å². The van der Waals surface area contributed by atoms with E-state index in [1.54, 1.807) is 0 Å². The second-order valence-corrected chi connectivity index (χ2v) is 28.9. The van der Waals surface area contributed by atoms with Gasteiger partial charge in [-0.05, 0) is 231 Å². The lowest BCUT2D eigenvalue weighted by molar-refractivity contribution is 0.584. The zero-order valence-corrected chi connectivity index (χ0v) is 55.1. The first-order chi connectivity index (χ1) is 35.7. The molecule has 0 unspecified atom stereocenters. The highest BCUT2D eigenvalue weighted by molar-refractivity contribution is 5.76. The van der Waals surface area contributed by atoms with Crippen LogP contribution in [0.1, 0.15) is 238 Å². The van der Waals surface area contributed by atoms with Crippen LogP contribution in [0.3, 0.4) is 0 Å². The second-order valence-electron chi connectivity index (χ2n) is 28.9. The summed E-state index contributed by atoms with van der Waals surface area (Å²) in [6.45, 7) is 65.7. The lowest BCUT2D eigenvalue weighted by Gasteiger charge is -2.27. The largest absolute Gasteiger partial charge is 0.0619 e. The summed E-state index contributed by atoms with van der Waals surface area (Å²) >= 11 is 0. The molecule has 0 amide bonds. The number of rotatable bonds is 5. The Labute approximate surface area is 480 Å². The lowest BCUT2D eigenvalue weighted by atomic mass is 9.78. The van der Waals surface area contributed by atoms with Crippen molar-refractivity contribution in [1.82, 2.24) is 0 Å². The standard InChI is InChI=1S/C24H34.C22H30.C20H26.C12H18/c1-15(2)20-11-10-12-21(16(3)4)23(20)19-13-17(5)18(6)22(14-19)24(7,8)9;1-15-13-17(14-20(16(15)2)22(6,7)8)18-11-9-10-12-19(18)21(3,4)5;1-13-9-8-10-14(2)19(13)17-11-15(3)16(4)18(12-17)20(5,6)7;1-9-6-7-11(10(2)8-9)12(3,4)5/h10-16H,1-9H3;9-14H,1-8H3;8-12H,1-7H3;6-8H,1-5H3. The molecule has 0 nitrogen and oxygen atoms in total. The molecular formula is C78H108. The molecule has 78 heavy (non-hydrogen) atoms. The summed E-state index contributed by atoms with van der Waals surface area (Å²) in [6.07, 6.45) is 0. The Kier molecular flexibility index (Phi) is 21.1. The van der Waals surface area contributed by atoms with Crippen LogP contribution in [0.15, 0.2) is 115 Å². The summed E-state index contributed by atoms with van der Waals surface area (Å²) in [5.41, 5.74) is 33.3. The molecule has 0 N–H and O–H groups in total. The van der Waals surface area contributed by atoms with Crippen LogP contribution < -0.4 is 0 Å². The van der Waals surface area contributed by atoms with Crippen LogP contribution in [-0.2, 0) is 27.1 Å². The molecule has 0 radical (unpaired) electrons. The van der Waals surface area contributed by atoms with Gasteiger partial charge in [0.15, 0.2) is 0 Å². The number of hydrogen-bond donors (Lipinski definition) is 0. The van der Waals surface area contributed by atoms with Crippen LogP contribution >= 0.6 is 0 Å². The summed E-state index contributed by atoms with van der Waals surface area (Å²) in [5, 5.41) is 0. The Bertz CT molecular complexity index is 3110. The predicted octanol–water partition coefficient (Wildman–Crippen LogP) is 23.6. The van der Waals surface area contributed by atoms with E-state index in [4.69, 9.17) is 0 Å². The van der Waals surface area contributed by atoms with Crippen molar-refractivity contribution in [3.05, 3.63) is 210 Å². The summed E-state index contributed by atoms with van der Waals surface area (Å²) in [7, 11) is 0. The van der Waals surface area contributed by atoms with E-state index in [0.717, 1.165) is 0 Å². The molecule has 0 spiro atoms. The van der Waals surface area contributed by atoms with Crippen molar-refractivity contribution in [3.63, 3.8) is 0 Å². The highest BCUT2D eigenvalue weighted by atomic mass is 14.3. The normalized spacial score (nSPS) is 12.1. The molecule has 420 valence electrons. The van der Waals surface area contributed by atoms with Crippen molar-refractivity contribution in [2.75, 3.05) is 0 Å². The highest BCUT2D eigenvalue weighted by Gasteiger charge is 2.25. The average molecular weight is 1050 g/mol. The van der Waals surface area contributed by atoms with Crippen LogP contribution in [-0.4, -0.2) is 0 Å². The van der Waals surface area contributed by atoms with Gasteiger partial charge in [-0.25, -0.2) is 0 Å². The van der Waals surface area contributed by atoms with Gasteiger partial charge in [0.05, 0.1) is 0 Å². The van der Waals surface area contributed by atoms with Gasteiger partial charge in [0.1, 0.15) is 0 Å². The molecule has 0 saturated carbocycles. The molecule has 7 aromatic rings. The van der Waals surface area contributed by atoms with Gasteiger partial charge in [-0.1, -0.05) is 252 Å². The Morgan fingerprint density at radius 1 is 0.269 bits per heavy atom. The Morgan fingerprint density at radius 3 is 0.987 bits per heavy atom. The van der Waals surface area contributed by atoms with Crippen molar-refractivity contribution >= 4 is 0 Å². The summed E-state index contributed by atoms with van der Waals surface area (Å²) < 4.78 is 0. The molecule has 0 aliphatic rings. The van der Waals surface area contributed by atoms with Crippen molar-refractivity contribution < 1.29 is 0 Å². The number of aryl methyl sites for hydroxylation is 7. The maximum Gasteiger partial charge on any atom is -0.0114 e. The van der Waals surface area contributed by atoms with Crippen LogP contribution in [0.2, 0.25) is 0 Å². The molecule has 0 aliphatic heterocycles. The molecular weight excluding hydrogens is 937 g/mol. The molecule has 7 rings (SSSR count). The first-order valence-electron chi connectivity index (χ1n) is 29.4. The van der Waals surface area contributed by atoms with Crippen LogP contribution in [0.4, 0.5) is 0 Å². The topological polar surface area (TPSA) is 0 Å². The molecule has 0 aliphatic carbocycles. The van der Waals surface area contributed by atoms with Crippen LogP contribution in [0, 0.1) is 69.2 Å². The van der Waals surface area contributed by atoms with Gasteiger partial charge in [0.2, 0.25) is 0 Å². The molecule has 0 heteroatoms. The van der Waals surface area contributed by atoms with Gasteiger partial charge >= 0.3 is 0 Å². The van der Waals surface area contributed by atoms with Crippen LogP contribution in [0.5, 0.6) is 0 Å². The van der Waals surface area contributed by atoms with Gasteiger partial charge in [-0.2, -0.15) is 0 Å².